The van der Waals surface area contributed by atoms with E-state index in [0.717, 1.165) is 12.2 Å². The number of ether oxygens (including phenoxy) is 1. The van der Waals surface area contributed by atoms with Crippen LogP contribution in [0, 0.1) is 0 Å². The summed E-state index contributed by atoms with van der Waals surface area (Å²) in [6.45, 7) is 0. The first kappa shape index (κ1) is 10.3. The highest BCUT2D eigenvalue weighted by Crippen LogP contribution is 2.33. The molecular weight excluding hydrogens is 184 g/mol. The first-order valence-electron chi connectivity index (χ1n) is 5.71. The van der Waals surface area contributed by atoms with Crippen LogP contribution in [0.3, 0.4) is 0 Å². The molecule has 0 heterocycles. The van der Waals surface area contributed by atoms with Crippen molar-refractivity contribution in [3.63, 3.8) is 0 Å². The Morgan fingerprint density at radius 3 is 2.67 bits per heavy atom. The van der Waals surface area contributed by atoms with E-state index in [2.05, 4.69) is 36.4 Å². The molecular formula is C14H18O. The molecule has 0 radical (unpaired) electrons. The largest absolute Gasteiger partial charge is 0.501 e. The van der Waals surface area contributed by atoms with Gasteiger partial charge in [-0.3, -0.25) is 0 Å². The molecule has 0 aliphatic heterocycles. The van der Waals surface area contributed by atoms with Crippen molar-refractivity contribution in [3.8, 4) is 0 Å². The Morgan fingerprint density at radius 1 is 1.13 bits per heavy atom. The zero-order chi connectivity index (χ0) is 10.5. The number of hydrogen-bond donors (Lipinski definition) is 0. The Bertz CT molecular complexity index is 326. The maximum absolute atomic E-state index is 5.50. The summed E-state index contributed by atoms with van der Waals surface area (Å²) in [4.78, 5) is 0. The number of benzene rings is 1. The van der Waals surface area contributed by atoms with Gasteiger partial charge in [0.25, 0.3) is 0 Å². The van der Waals surface area contributed by atoms with Gasteiger partial charge in [0.2, 0.25) is 0 Å². The summed E-state index contributed by atoms with van der Waals surface area (Å²) >= 11 is 0. The highest BCUT2D eigenvalue weighted by Gasteiger charge is 2.18. The third-order valence-corrected chi connectivity index (χ3v) is 3.07. The molecule has 0 amide bonds. The molecule has 0 N–H and O–H groups in total. The zero-order valence-corrected chi connectivity index (χ0v) is 9.28. The van der Waals surface area contributed by atoms with E-state index in [4.69, 9.17) is 4.74 Å². The Hall–Kier alpha value is -1.24. The van der Waals surface area contributed by atoms with Gasteiger partial charge >= 0.3 is 0 Å². The Kier molecular flexibility index (Phi) is 3.44. The highest BCUT2D eigenvalue weighted by atomic mass is 16.5. The number of rotatable bonds is 2. The summed E-state index contributed by atoms with van der Waals surface area (Å²) in [7, 11) is 1.78. The first-order chi connectivity index (χ1) is 7.42. The number of allylic oxidation sites excluding steroid dienone is 2. The number of hydrogen-bond acceptors (Lipinski definition) is 1. The van der Waals surface area contributed by atoms with Gasteiger partial charge in [-0.2, -0.15) is 0 Å². The highest BCUT2D eigenvalue weighted by molar-refractivity contribution is 5.27. The lowest BCUT2D eigenvalue weighted by Gasteiger charge is -2.18. The van der Waals surface area contributed by atoms with Crippen LogP contribution >= 0.6 is 0 Å². The molecule has 1 aromatic carbocycles. The molecule has 1 nitrogen and oxygen atoms in total. The number of methoxy groups -OCH3 is 1. The quantitative estimate of drug-likeness (QED) is 0.707. The van der Waals surface area contributed by atoms with Crippen molar-refractivity contribution in [2.75, 3.05) is 7.11 Å². The topological polar surface area (TPSA) is 9.23 Å². The Balaban J connectivity index is 2.25. The van der Waals surface area contributed by atoms with Gasteiger partial charge in [0.05, 0.1) is 12.9 Å². The van der Waals surface area contributed by atoms with Crippen molar-refractivity contribution in [2.24, 2.45) is 0 Å². The predicted octanol–water partition coefficient (Wildman–Crippen LogP) is 3.87. The molecule has 0 bridgehead atoms. The summed E-state index contributed by atoms with van der Waals surface area (Å²) < 4.78 is 5.50. The second kappa shape index (κ2) is 5.01. The van der Waals surface area contributed by atoms with Gasteiger partial charge < -0.3 is 4.74 Å². The first-order valence-corrected chi connectivity index (χ1v) is 5.71. The van der Waals surface area contributed by atoms with E-state index in [1.807, 2.05) is 0 Å². The molecule has 1 unspecified atom stereocenters. The fraction of sp³-hybridized carbons (Fsp3) is 0.429. The average Bonchev–Trinajstić information content (AvgIpc) is 2.55. The van der Waals surface area contributed by atoms with Crippen LogP contribution in [0.25, 0.3) is 0 Å². The lowest BCUT2D eigenvalue weighted by molar-refractivity contribution is 0.261. The van der Waals surface area contributed by atoms with Gasteiger partial charge in [-0.05, 0) is 30.9 Å². The minimum absolute atomic E-state index is 0.471. The van der Waals surface area contributed by atoms with Crippen molar-refractivity contribution < 1.29 is 4.74 Å². The molecule has 0 fully saturated rings. The molecule has 1 heteroatoms. The van der Waals surface area contributed by atoms with E-state index >= 15 is 0 Å². The van der Waals surface area contributed by atoms with Gasteiger partial charge in [-0.1, -0.05) is 36.8 Å². The second-order valence-corrected chi connectivity index (χ2v) is 4.06. The molecule has 0 spiro atoms. The van der Waals surface area contributed by atoms with E-state index in [-0.39, 0.29) is 0 Å². The standard InChI is InChI=1S/C14H18O/c1-15-14-11-7-3-6-10-13(14)12-8-4-2-5-9-12/h2,4-5,8-9,11,13H,3,6-7,10H2,1H3. The summed E-state index contributed by atoms with van der Waals surface area (Å²) in [6, 6.07) is 10.7. The van der Waals surface area contributed by atoms with Crippen molar-refractivity contribution in [1.29, 1.82) is 0 Å². The van der Waals surface area contributed by atoms with E-state index in [0.29, 0.717) is 5.92 Å². The van der Waals surface area contributed by atoms with Crippen LogP contribution in [-0.2, 0) is 4.74 Å². The van der Waals surface area contributed by atoms with Gasteiger partial charge in [-0.15, -0.1) is 0 Å². The summed E-state index contributed by atoms with van der Waals surface area (Å²) in [5.41, 5.74) is 1.38. The van der Waals surface area contributed by atoms with Gasteiger partial charge in [0, 0.05) is 5.92 Å². The Morgan fingerprint density at radius 2 is 1.93 bits per heavy atom. The van der Waals surface area contributed by atoms with Crippen molar-refractivity contribution in [3.05, 3.63) is 47.7 Å². The SMILES string of the molecule is COC1=CCCCCC1c1ccccc1. The van der Waals surface area contributed by atoms with Gasteiger partial charge in [0.15, 0.2) is 0 Å². The minimum Gasteiger partial charge on any atom is -0.501 e. The smallest absolute Gasteiger partial charge is 0.0990 e. The van der Waals surface area contributed by atoms with Gasteiger partial charge in [-0.25, -0.2) is 0 Å². The molecule has 0 aromatic heterocycles. The third kappa shape index (κ3) is 2.41. The lowest BCUT2D eigenvalue weighted by atomic mass is 9.93. The molecule has 1 aliphatic carbocycles. The van der Waals surface area contributed by atoms with Crippen molar-refractivity contribution in [2.45, 2.75) is 31.6 Å². The minimum atomic E-state index is 0.471. The van der Waals surface area contributed by atoms with E-state index in [1.54, 1.807) is 7.11 Å². The summed E-state index contributed by atoms with van der Waals surface area (Å²) in [6.07, 6.45) is 7.21. The molecule has 0 saturated heterocycles. The maximum atomic E-state index is 5.50. The van der Waals surface area contributed by atoms with E-state index < -0.39 is 0 Å². The van der Waals surface area contributed by atoms with E-state index in [1.165, 1.54) is 24.8 Å². The maximum Gasteiger partial charge on any atom is 0.0990 e. The third-order valence-electron chi connectivity index (χ3n) is 3.07. The predicted molar refractivity (Wildman–Crippen MR) is 62.7 cm³/mol. The van der Waals surface area contributed by atoms with Crippen LogP contribution < -0.4 is 0 Å². The van der Waals surface area contributed by atoms with Crippen LogP contribution in [0.2, 0.25) is 0 Å². The van der Waals surface area contributed by atoms with Crippen LogP contribution in [0.4, 0.5) is 0 Å². The fourth-order valence-electron chi connectivity index (χ4n) is 2.26. The summed E-state index contributed by atoms with van der Waals surface area (Å²) in [5.74, 6) is 1.62. The summed E-state index contributed by atoms with van der Waals surface area (Å²) in [5, 5.41) is 0. The fourth-order valence-corrected chi connectivity index (χ4v) is 2.26. The monoisotopic (exact) mass is 202 g/mol. The van der Waals surface area contributed by atoms with Crippen LogP contribution in [0.1, 0.15) is 37.2 Å². The zero-order valence-electron chi connectivity index (χ0n) is 9.28. The molecule has 1 aliphatic rings. The van der Waals surface area contributed by atoms with Crippen LogP contribution in [0.15, 0.2) is 42.2 Å². The molecule has 1 aromatic rings. The van der Waals surface area contributed by atoms with Crippen molar-refractivity contribution in [1.82, 2.24) is 0 Å². The molecule has 15 heavy (non-hydrogen) atoms. The van der Waals surface area contributed by atoms with E-state index in [9.17, 15) is 0 Å². The Labute approximate surface area is 91.8 Å². The lowest BCUT2D eigenvalue weighted by Crippen LogP contribution is -2.03. The van der Waals surface area contributed by atoms with Gasteiger partial charge in [0.1, 0.15) is 0 Å². The molecule has 2 rings (SSSR count). The molecule has 1 atom stereocenters. The van der Waals surface area contributed by atoms with Crippen LogP contribution in [0.5, 0.6) is 0 Å². The normalized spacial score (nSPS) is 21.7. The molecule has 0 saturated carbocycles. The van der Waals surface area contributed by atoms with Crippen LogP contribution in [-0.4, -0.2) is 7.11 Å². The molecule has 80 valence electrons. The van der Waals surface area contributed by atoms with Crippen molar-refractivity contribution >= 4 is 0 Å². The average molecular weight is 202 g/mol. The second-order valence-electron chi connectivity index (χ2n) is 4.06.